The second kappa shape index (κ2) is 7.40. The Morgan fingerprint density at radius 1 is 1.22 bits per heavy atom. The van der Waals surface area contributed by atoms with Gasteiger partial charge in [-0.25, -0.2) is 4.98 Å². The third kappa shape index (κ3) is 3.66. The van der Waals surface area contributed by atoms with Crippen LogP contribution in [0.25, 0.3) is 5.82 Å². The van der Waals surface area contributed by atoms with Crippen LogP contribution in [0.2, 0.25) is 0 Å². The molecule has 4 rings (SSSR count). The van der Waals surface area contributed by atoms with Gasteiger partial charge in [-0.15, -0.1) is 0 Å². The molecule has 3 aromatic rings. The molecule has 6 heteroatoms. The third-order valence-corrected chi connectivity index (χ3v) is 5.11. The number of anilines is 1. The van der Waals surface area contributed by atoms with Gasteiger partial charge in [0.05, 0.1) is 5.69 Å². The number of hydrogen-bond acceptors (Lipinski definition) is 5. The quantitative estimate of drug-likeness (QED) is 0.730. The molecule has 0 saturated carbocycles. The highest BCUT2D eigenvalue weighted by molar-refractivity contribution is 5.47. The molecule has 0 aliphatic heterocycles. The van der Waals surface area contributed by atoms with Crippen LogP contribution in [0.3, 0.4) is 0 Å². The van der Waals surface area contributed by atoms with Crippen LogP contribution in [0.4, 0.5) is 5.69 Å². The number of aromatic nitrogens is 3. The fourth-order valence-electron chi connectivity index (χ4n) is 3.57. The molecule has 1 aromatic carbocycles. The molecule has 6 nitrogen and oxygen atoms in total. The molecule has 0 bridgehead atoms. The summed E-state index contributed by atoms with van der Waals surface area (Å²) in [6.45, 7) is 0.816. The first kappa shape index (κ1) is 17.5. The van der Waals surface area contributed by atoms with E-state index < -0.39 is 0 Å². The van der Waals surface area contributed by atoms with E-state index in [2.05, 4.69) is 58.7 Å². The molecule has 0 radical (unpaired) electrons. The van der Waals surface area contributed by atoms with Gasteiger partial charge in [0.2, 0.25) is 5.88 Å². The molecule has 2 heterocycles. The minimum absolute atomic E-state index is 0.213. The molecule has 1 aliphatic rings. The average Bonchev–Trinajstić information content (AvgIpc) is 3.03. The van der Waals surface area contributed by atoms with Crippen LogP contribution in [0.5, 0.6) is 5.88 Å². The lowest BCUT2D eigenvalue weighted by Crippen LogP contribution is -2.33. The molecule has 1 aliphatic carbocycles. The van der Waals surface area contributed by atoms with Crippen molar-refractivity contribution in [1.29, 1.82) is 0 Å². The van der Waals surface area contributed by atoms with Crippen LogP contribution in [0, 0.1) is 0 Å². The standard InChI is InChI=1S/C21H25N5O/c1-25(2)17-7-5-6-15(12-17)14-23-16-9-10-19-18(13-16)21(27)26(24-19)20-8-3-4-11-22-20/h3-8,11-12,16,23,27H,9-10,13-14H2,1-2H3. The summed E-state index contributed by atoms with van der Waals surface area (Å²) in [5, 5.41) is 18.9. The maximum absolute atomic E-state index is 10.7. The lowest BCUT2D eigenvalue weighted by Gasteiger charge is -2.23. The predicted octanol–water partition coefficient (Wildman–Crippen LogP) is 2.69. The normalized spacial score (nSPS) is 16.1. The topological polar surface area (TPSA) is 66.2 Å². The van der Waals surface area contributed by atoms with Gasteiger partial charge in [-0.05, 0) is 49.1 Å². The van der Waals surface area contributed by atoms with Crippen molar-refractivity contribution in [3.63, 3.8) is 0 Å². The molecule has 0 saturated heterocycles. The Balaban J connectivity index is 1.46. The monoisotopic (exact) mass is 363 g/mol. The zero-order valence-corrected chi connectivity index (χ0v) is 15.8. The zero-order chi connectivity index (χ0) is 18.8. The summed E-state index contributed by atoms with van der Waals surface area (Å²) in [6, 6.07) is 14.5. The first-order valence-corrected chi connectivity index (χ1v) is 9.32. The van der Waals surface area contributed by atoms with Crippen molar-refractivity contribution in [1.82, 2.24) is 20.1 Å². The minimum atomic E-state index is 0.213. The average molecular weight is 363 g/mol. The van der Waals surface area contributed by atoms with Crippen LogP contribution >= 0.6 is 0 Å². The smallest absolute Gasteiger partial charge is 0.219 e. The second-order valence-corrected chi connectivity index (χ2v) is 7.23. The highest BCUT2D eigenvalue weighted by atomic mass is 16.3. The number of rotatable bonds is 5. The first-order valence-electron chi connectivity index (χ1n) is 9.32. The fourth-order valence-corrected chi connectivity index (χ4v) is 3.57. The van der Waals surface area contributed by atoms with Crippen molar-refractivity contribution >= 4 is 5.69 Å². The number of pyridine rings is 1. The van der Waals surface area contributed by atoms with Gasteiger partial charge in [-0.2, -0.15) is 9.78 Å². The Morgan fingerprint density at radius 3 is 2.89 bits per heavy atom. The number of aryl methyl sites for hydroxylation is 1. The van der Waals surface area contributed by atoms with Crippen molar-refractivity contribution in [3.8, 4) is 11.7 Å². The highest BCUT2D eigenvalue weighted by Gasteiger charge is 2.26. The van der Waals surface area contributed by atoms with E-state index in [9.17, 15) is 5.11 Å². The Bertz CT molecular complexity index is 920. The summed E-state index contributed by atoms with van der Waals surface area (Å²) in [6.07, 6.45) is 4.36. The lowest BCUT2D eigenvalue weighted by molar-refractivity contribution is 0.412. The van der Waals surface area contributed by atoms with E-state index in [0.29, 0.717) is 11.9 Å². The van der Waals surface area contributed by atoms with E-state index in [1.807, 2.05) is 18.2 Å². The van der Waals surface area contributed by atoms with Crippen molar-refractivity contribution in [2.24, 2.45) is 0 Å². The summed E-state index contributed by atoms with van der Waals surface area (Å²) < 4.78 is 1.55. The fraction of sp³-hybridized carbons (Fsp3) is 0.333. The van der Waals surface area contributed by atoms with Gasteiger partial charge in [0.1, 0.15) is 0 Å². The van der Waals surface area contributed by atoms with Crippen LogP contribution in [0.15, 0.2) is 48.7 Å². The molecule has 27 heavy (non-hydrogen) atoms. The van der Waals surface area contributed by atoms with Gasteiger partial charge in [0, 0.05) is 44.1 Å². The first-order chi connectivity index (χ1) is 13.1. The summed E-state index contributed by atoms with van der Waals surface area (Å²) in [7, 11) is 4.11. The molecular formula is C21H25N5O. The molecule has 2 aromatic heterocycles. The van der Waals surface area contributed by atoms with Gasteiger partial charge in [0.25, 0.3) is 0 Å². The number of nitrogens with one attached hydrogen (secondary N) is 1. The number of hydrogen-bond donors (Lipinski definition) is 2. The zero-order valence-electron chi connectivity index (χ0n) is 15.8. The molecule has 2 N–H and O–H groups in total. The van der Waals surface area contributed by atoms with Crippen molar-refractivity contribution in [2.45, 2.75) is 31.8 Å². The number of benzene rings is 1. The molecule has 0 spiro atoms. The van der Waals surface area contributed by atoms with E-state index in [1.54, 1.807) is 10.9 Å². The van der Waals surface area contributed by atoms with Gasteiger partial charge in [-0.3, -0.25) is 0 Å². The summed E-state index contributed by atoms with van der Waals surface area (Å²) in [4.78, 5) is 6.40. The number of nitrogens with zero attached hydrogens (tertiary/aromatic N) is 4. The number of aromatic hydroxyl groups is 1. The highest BCUT2D eigenvalue weighted by Crippen LogP contribution is 2.30. The Kier molecular flexibility index (Phi) is 4.81. The van der Waals surface area contributed by atoms with E-state index in [4.69, 9.17) is 0 Å². The van der Waals surface area contributed by atoms with Gasteiger partial charge < -0.3 is 15.3 Å². The lowest BCUT2D eigenvalue weighted by atomic mass is 9.93. The molecule has 140 valence electrons. The molecule has 0 amide bonds. The van der Waals surface area contributed by atoms with Crippen molar-refractivity contribution in [3.05, 3.63) is 65.5 Å². The van der Waals surface area contributed by atoms with Gasteiger partial charge in [0.15, 0.2) is 5.82 Å². The summed E-state index contributed by atoms with van der Waals surface area (Å²) >= 11 is 0. The Hall–Kier alpha value is -2.86. The van der Waals surface area contributed by atoms with Crippen molar-refractivity contribution < 1.29 is 5.11 Å². The van der Waals surface area contributed by atoms with Gasteiger partial charge in [-0.1, -0.05) is 18.2 Å². The van der Waals surface area contributed by atoms with Crippen LogP contribution in [-0.4, -0.2) is 40.0 Å². The van der Waals surface area contributed by atoms with E-state index in [-0.39, 0.29) is 5.88 Å². The second-order valence-electron chi connectivity index (χ2n) is 7.23. The van der Waals surface area contributed by atoms with Crippen LogP contribution in [0.1, 0.15) is 23.2 Å². The summed E-state index contributed by atoms with van der Waals surface area (Å²) in [5.41, 5.74) is 4.38. The molecule has 1 unspecified atom stereocenters. The predicted molar refractivity (Wildman–Crippen MR) is 106 cm³/mol. The van der Waals surface area contributed by atoms with E-state index >= 15 is 0 Å². The largest absolute Gasteiger partial charge is 0.493 e. The van der Waals surface area contributed by atoms with E-state index in [0.717, 1.165) is 37.1 Å². The van der Waals surface area contributed by atoms with Crippen molar-refractivity contribution in [2.75, 3.05) is 19.0 Å². The number of fused-ring (bicyclic) bond motifs is 1. The SMILES string of the molecule is CN(C)c1cccc(CNC2CCc3nn(-c4ccccn4)c(O)c3C2)c1. The van der Waals surface area contributed by atoms with Crippen LogP contribution < -0.4 is 10.2 Å². The van der Waals surface area contributed by atoms with Crippen LogP contribution in [-0.2, 0) is 19.4 Å². The van der Waals surface area contributed by atoms with E-state index in [1.165, 1.54) is 11.3 Å². The van der Waals surface area contributed by atoms with Gasteiger partial charge >= 0.3 is 0 Å². The maximum atomic E-state index is 10.7. The Labute approximate surface area is 159 Å². The summed E-state index contributed by atoms with van der Waals surface area (Å²) in [5.74, 6) is 0.860. The minimum Gasteiger partial charge on any atom is -0.493 e. The third-order valence-electron chi connectivity index (χ3n) is 5.11. The molecule has 1 atom stereocenters. The molecule has 0 fully saturated rings. The molecular weight excluding hydrogens is 338 g/mol. The maximum Gasteiger partial charge on any atom is 0.219 e. The Morgan fingerprint density at radius 2 is 2.11 bits per heavy atom.